The van der Waals surface area contributed by atoms with Crippen LogP contribution in [0.15, 0.2) is 60.7 Å². The zero-order chi connectivity index (χ0) is 25.5. The van der Waals surface area contributed by atoms with Crippen molar-refractivity contribution < 1.29 is 33.2 Å². The van der Waals surface area contributed by atoms with Crippen LogP contribution in [0, 0.1) is 17.8 Å². The van der Waals surface area contributed by atoms with Crippen molar-refractivity contribution in [3.8, 4) is 0 Å². The van der Waals surface area contributed by atoms with E-state index in [1.807, 2.05) is 60.7 Å². The van der Waals surface area contributed by atoms with Gasteiger partial charge in [-0.15, -0.1) is 0 Å². The van der Waals surface area contributed by atoms with Gasteiger partial charge in [0.15, 0.2) is 18.5 Å². The summed E-state index contributed by atoms with van der Waals surface area (Å²) in [6.07, 6.45) is 3.46. The van der Waals surface area contributed by atoms with Gasteiger partial charge in [-0.3, -0.25) is 0 Å². The Morgan fingerprint density at radius 1 is 0.763 bits per heavy atom. The summed E-state index contributed by atoms with van der Waals surface area (Å²) in [6, 6.07) is 20.0. The topological polar surface area (TPSA) is 72.5 Å². The smallest absolute Gasteiger partial charge is 0.424 e. The standard InChI is InChI=1S/C31H36O7/c32-30-36-27-26(34-18-21-9-5-2-6-10-21)25(19-33-17-20-7-3-1-4-8-20)35-29(28(27)37-30)38-31-14-22-11-23(15-31)13-24(12-22)16-31/h1-10,22-29H,11-19H2/t22?,23?,24?,25-,26-,27+,28-,29+,31?/m1/s1. The van der Waals surface area contributed by atoms with Gasteiger partial charge in [-0.05, 0) is 67.4 Å². The molecule has 0 radical (unpaired) electrons. The van der Waals surface area contributed by atoms with Gasteiger partial charge < -0.3 is 28.4 Å². The maximum atomic E-state index is 12.4. The van der Waals surface area contributed by atoms with Crippen molar-refractivity contribution >= 4 is 6.16 Å². The van der Waals surface area contributed by atoms with Crippen LogP contribution < -0.4 is 0 Å². The Morgan fingerprint density at radius 2 is 1.34 bits per heavy atom. The zero-order valence-electron chi connectivity index (χ0n) is 21.6. The zero-order valence-corrected chi connectivity index (χ0v) is 21.6. The van der Waals surface area contributed by atoms with Crippen LogP contribution in [0.4, 0.5) is 4.79 Å². The molecule has 0 amide bonds. The molecule has 0 aromatic heterocycles. The lowest BCUT2D eigenvalue weighted by molar-refractivity contribution is -0.332. The molecule has 2 heterocycles. The lowest BCUT2D eigenvalue weighted by Gasteiger charge is -2.57. The maximum Gasteiger partial charge on any atom is 0.509 e. The second-order valence-corrected chi connectivity index (χ2v) is 11.9. The minimum Gasteiger partial charge on any atom is -0.424 e. The molecule has 0 N–H and O–H groups in total. The summed E-state index contributed by atoms with van der Waals surface area (Å²) in [5.74, 6) is 2.19. The molecule has 202 valence electrons. The predicted molar refractivity (Wildman–Crippen MR) is 137 cm³/mol. The molecule has 7 heteroatoms. The molecule has 4 bridgehead atoms. The number of ether oxygens (including phenoxy) is 6. The van der Waals surface area contributed by atoms with Crippen LogP contribution >= 0.6 is 0 Å². The normalized spacial score (nSPS) is 39.0. The molecule has 5 atom stereocenters. The van der Waals surface area contributed by atoms with E-state index in [0.717, 1.165) is 48.1 Å². The third kappa shape index (κ3) is 4.97. The molecule has 0 spiro atoms. The highest BCUT2D eigenvalue weighted by Gasteiger charge is 2.59. The Balaban J connectivity index is 1.10. The second-order valence-electron chi connectivity index (χ2n) is 11.9. The van der Waals surface area contributed by atoms with Crippen LogP contribution in [-0.2, 0) is 41.6 Å². The molecular weight excluding hydrogens is 484 g/mol. The fraction of sp³-hybridized carbons (Fsp3) is 0.581. The third-order valence-corrected chi connectivity index (χ3v) is 9.08. The van der Waals surface area contributed by atoms with Gasteiger partial charge in [-0.1, -0.05) is 60.7 Å². The molecule has 2 aromatic carbocycles. The number of carbonyl (C=O) groups excluding carboxylic acids is 1. The van der Waals surface area contributed by atoms with Crippen molar-refractivity contribution in [3.63, 3.8) is 0 Å². The van der Waals surface area contributed by atoms with E-state index in [2.05, 4.69) is 0 Å². The van der Waals surface area contributed by atoms with Gasteiger partial charge in [0.05, 0.1) is 25.4 Å². The largest absolute Gasteiger partial charge is 0.509 e. The quantitative estimate of drug-likeness (QED) is 0.410. The van der Waals surface area contributed by atoms with E-state index in [4.69, 9.17) is 28.4 Å². The van der Waals surface area contributed by atoms with Crippen LogP contribution in [0.1, 0.15) is 49.7 Å². The minimum absolute atomic E-state index is 0.202. The summed E-state index contributed by atoms with van der Waals surface area (Å²) in [4.78, 5) is 12.4. The fourth-order valence-electron chi connectivity index (χ4n) is 7.87. The van der Waals surface area contributed by atoms with E-state index in [9.17, 15) is 4.79 Å². The summed E-state index contributed by atoms with van der Waals surface area (Å²) in [5.41, 5.74) is 1.91. The van der Waals surface area contributed by atoms with Crippen LogP contribution in [-0.4, -0.2) is 49.1 Å². The summed E-state index contributed by atoms with van der Waals surface area (Å²) >= 11 is 0. The Kier molecular flexibility index (Phi) is 6.64. The molecule has 6 fully saturated rings. The number of rotatable bonds is 9. The van der Waals surface area contributed by atoms with E-state index >= 15 is 0 Å². The van der Waals surface area contributed by atoms with Gasteiger partial charge >= 0.3 is 6.16 Å². The van der Waals surface area contributed by atoms with Crippen LogP contribution in [0.5, 0.6) is 0 Å². The van der Waals surface area contributed by atoms with E-state index in [0.29, 0.717) is 13.2 Å². The highest BCUT2D eigenvalue weighted by molar-refractivity contribution is 5.63. The molecule has 38 heavy (non-hydrogen) atoms. The van der Waals surface area contributed by atoms with Crippen LogP contribution in [0.25, 0.3) is 0 Å². The summed E-state index contributed by atoms with van der Waals surface area (Å²) in [7, 11) is 0. The van der Waals surface area contributed by atoms with Crippen molar-refractivity contribution in [3.05, 3.63) is 71.8 Å². The molecule has 4 saturated carbocycles. The van der Waals surface area contributed by atoms with Gasteiger partial charge in [-0.2, -0.15) is 0 Å². The molecule has 7 nitrogen and oxygen atoms in total. The molecule has 2 aliphatic heterocycles. The van der Waals surface area contributed by atoms with E-state index in [1.54, 1.807) is 0 Å². The average molecular weight is 521 g/mol. The van der Waals surface area contributed by atoms with Gasteiger partial charge in [0.25, 0.3) is 0 Å². The van der Waals surface area contributed by atoms with Gasteiger partial charge in [0.1, 0.15) is 12.2 Å². The Hall–Kier alpha value is -2.45. The molecule has 8 rings (SSSR count). The lowest BCUT2D eigenvalue weighted by Crippen LogP contribution is -2.62. The van der Waals surface area contributed by atoms with Crippen LogP contribution in [0.2, 0.25) is 0 Å². The van der Waals surface area contributed by atoms with Crippen molar-refractivity contribution in [2.24, 2.45) is 17.8 Å². The van der Waals surface area contributed by atoms with Gasteiger partial charge in [-0.25, -0.2) is 4.79 Å². The summed E-state index contributed by atoms with van der Waals surface area (Å²) in [6.45, 7) is 1.11. The fourth-order valence-corrected chi connectivity index (χ4v) is 7.87. The molecule has 2 saturated heterocycles. The number of carbonyl (C=O) groups is 1. The maximum absolute atomic E-state index is 12.4. The van der Waals surface area contributed by atoms with E-state index in [-0.39, 0.29) is 12.2 Å². The number of fused-ring (bicyclic) bond motifs is 1. The molecule has 2 aromatic rings. The Bertz CT molecular complexity index is 1070. The van der Waals surface area contributed by atoms with Crippen molar-refractivity contribution in [1.29, 1.82) is 0 Å². The van der Waals surface area contributed by atoms with E-state index < -0.39 is 36.9 Å². The van der Waals surface area contributed by atoms with Crippen molar-refractivity contribution in [1.82, 2.24) is 0 Å². The van der Waals surface area contributed by atoms with Crippen molar-refractivity contribution in [2.75, 3.05) is 6.61 Å². The minimum atomic E-state index is -0.704. The van der Waals surface area contributed by atoms with Gasteiger partial charge in [0.2, 0.25) is 0 Å². The average Bonchev–Trinajstić information content (AvgIpc) is 3.30. The Labute approximate surface area is 223 Å². The number of benzene rings is 2. The second kappa shape index (κ2) is 10.3. The predicted octanol–water partition coefficient (Wildman–Crippen LogP) is 5.40. The number of hydrogen-bond donors (Lipinski definition) is 0. The number of hydrogen-bond acceptors (Lipinski definition) is 7. The van der Waals surface area contributed by atoms with Crippen LogP contribution in [0.3, 0.4) is 0 Å². The first-order valence-electron chi connectivity index (χ1n) is 14.1. The Morgan fingerprint density at radius 3 is 1.97 bits per heavy atom. The van der Waals surface area contributed by atoms with Gasteiger partial charge in [0, 0.05) is 0 Å². The molecular formula is C31H36O7. The first-order chi connectivity index (χ1) is 18.6. The highest BCUT2D eigenvalue weighted by Crippen LogP contribution is 2.58. The lowest BCUT2D eigenvalue weighted by atomic mass is 9.54. The summed E-state index contributed by atoms with van der Waals surface area (Å²) in [5, 5.41) is 0. The molecule has 6 aliphatic rings. The van der Waals surface area contributed by atoms with E-state index in [1.165, 1.54) is 19.3 Å². The SMILES string of the molecule is O=C1O[C@@H]2[C@@H](O1)[C@H](OC13CC4CC(CC(C4)C1)C3)O[C@H](COCc1ccccc1)[C@H]2OCc1ccccc1. The monoisotopic (exact) mass is 520 g/mol. The first kappa shape index (κ1) is 24.6. The third-order valence-electron chi connectivity index (χ3n) is 9.08. The first-order valence-corrected chi connectivity index (χ1v) is 14.1. The molecule has 4 aliphatic carbocycles. The molecule has 0 unspecified atom stereocenters. The summed E-state index contributed by atoms with van der Waals surface area (Å²) < 4.78 is 37.3. The van der Waals surface area contributed by atoms with Crippen molar-refractivity contribution in [2.45, 2.75) is 88.0 Å². The highest BCUT2D eigenvalue weighted by atomic mass is 16.8.